The van der Waals surface area contributed by atoms with Gasteiger partial charge in [-0.05, 0) is 31.1 Å². The third kappa shape index (κ3) is 12.8. The van der Waals surface area contributed by atoms with Crippen molar-refractivity contribution in [3.8, 4) is 0 Å². The molecule has 0 bridgehead atoms. The highest BCUT2D eigenvalue weighted by Gasteiger charge is 2.17. The van der Waals surface area contributed by atoms with Gasteiger partial charge in [-0.1, -0.05) is 27.7 Å². The molecule has 0 saturated heterocycles. The summed E-state index contributed by atoms with van der Waals surface area (Å²) in [4.78, 5) is 11.8. The van der Waals surface area contributed by atoms with E-state index in [2.05, 4.69) is 33.0 Å². The van der Waals surface area contributed by atoms with Gasteiger partial charge in [0.05, 0.1) is 25.9 Å². The Kier molecular flexibility index (Phi) is 12.6. The van der Waals surface area contributed by atoms with Gasteiger partial charge in [0.1, 0.15) is 0 Å². The quantitative estimate of drug-likeness (QED) is 0.510. The van der Waals surface area contributed by atoms with Crippen LogP contribution < -0.4 is 11.1 Å². The summed E-state index contributed by atoms with van der Waals surface area (Å²) in [5, 5.41) is 2.81. The SMILES string of the molecule is CCCOCCOCCNC(=O)C(N)CC(C)CC(C)C. The number of hydrogen-bond donors (Lipinski definition) is 2. The van der Waals surface area contributed by atoms with Gasteiger partial charge in [-0.3, -0.25) is 4.79 Å². The summed E-state index contributed by atoms with van der Waals surface area (Å²) in [5.74, 6) is 1.02. The molecule has 0 aliphatic carbocycles. The first-order valence-electron chi connectivity index (χ1n) is 8.16. The average Bonchev–Trinajstić information content (AvgIpc) is 2.40. The number of nitrogens with one attached hydrogen (secondary N) is 1. The summed E-state index contributed by atoms with van der Waals surface area (Å²) >= 11 is 0. The highest BCUT2D eigenvalue weighted by molar-refractivity contribution is 5.81. The van der Waals surface area contributed by atoms with Gasteiger partial charge >= 0.3 is 0 Å². The second kappa shape index (κ2) is 13.0. The predicted octanol–water partition coefficient (Wildman–Crippen LogP) is 1.95. The second-order valence-corrected chi connectivity index (χ2v) is 6.09. The molecule has 0 aromatic carbocycles. The van der Waals surface area contributed by atoms with E-state index >= 15 is 0 Å². The summed E-state index contributed by atoms with van der Waals surface area (Å²) in [7, 11) is 0. The Labute approximate surface area is 129 Å². The monoisotopic (exact) mass is 302 g/mol. The molecule has 2 unspecified atom stereocenters. The van der Waals surface area contributed by atoms with Crippen LogP contribution in [-0.2, 0) is 14.3 Å². The first-order chi connectivity index (χ1) is 9.97. The largest absolute Gasteiger partial charge is 0.379 e. The van der Waals surface area contributed by atoms with Crippen molar-refractivity contribution < 1.29 is 14.3 Å². The molecule has 1 amide bonds. The van der Waals surface area contributed by atoms with Crippen LogP contribution in [0.3, 0.4) is 0 Å². The number of rotatable bonds is 13. The fraction of sp³-hybridized carbons (Fsp3) is 0.938. The highest BCUT2D eigenvalue weighted by atomic mass is 16.5. The molecule has 0 aliphatic heterocycles. The molecular weight excluding hydrogens is 268 g/mol. The minimum Gasteiger partial charge on any atom is -0.379 e. The maximum Gasteiger partial charge on any atom is 0.237 e. The third-order valence-electron chi connectivity index (χ3n) is 3.13. The molecule has 5 heteroatoms. The summed E-state index contributed by atoms with van der Waals surface area (Å²) in [6, 6.07) is -0.424. The molecule has 0 aromatic heterocycles. The molecule has 3 N–H and O–H groups in total. The topological polar surface area (TPSA) is 73.6 Å². The maximum atomic E-state index is 11.8. The lowest BCUT2D eigenvalue weighted by Crippen LogP contribution is -2.42. The average molecular weight is 302 g/mol. The minimum atomic E-state index is -0.424. The van der Waals surface area contributed by atoms with Crippen molar-refractivity contribution in [2.24, 2.45) is 17.6 Å². The van der Waals surface area contributed by atoms with Crippen molar-refractivity contribution in [2.75, 3.05) is 33.0 Å². The minimum absolute atomic E-state index is 0.0866. The molecule has 5 nitrogen and oxygen atoms in total. The lowest BCUT2D eigenvalue weighted by Gasteiger charge is -2.18. The predicted molar refractivity (Wildman–Crippen MR) is 86.2 cm³/mol. The molecule has 0 heterocycles. The van der Waals surface area contributed by atoms with E-state index in [0.29, 0.717) is 38.2 Å². The summed E-state index contributed by atoms with van der Waals surface area (Å²) in [6.45, 7) is 11.5. The van der Waals surface area contributed by atoms with Crippen LogP contribution in [0.15, 0.2) is 0 Å². The van der Waals surface area contributed by atoms with Crippen molar-refractivity contribution >= 4 is 5.91 Å². The first-order valence-corrected chi connectivity index (χ1v) is 8.16. The number of amides is 1. The van der Waals surface area contributed by atoms with Crippen LogP contribution in [0.1, 0.15) is 47.0 Å². The first kappa shape index (κ1) is 20.3. The van der Waals surface area contributed by atoms with Gasteiger partial charge in [0.15, 0.2) is 0 Å². The van der Waals surface area contributed by atoms with E-state index in [9.17, 15) is 4.79 Å². The van der Waals surface area contributed by atoms with E-state index in [4.69, 9.17) is 15.2 Å². The number of ether oxygens (including phenoxy) is 2. The molecule has 2 atom stereocenters. The standard InChI is InChI=1S/C16H34N2O3/c1-5-7-20-9-10-21-8-6-18-16(19)15(17)12-14(4)11-13(2)3/h13-15H,5-12,17H2,1-4H3,(H,18,19). The van der Waals surface area contributed by atoms with Crippen molar-refractivity contribution in [2.45, 2.75) is 53.0 Å². The van der Waals surface area contributed by atoms with Crippen LogP contribution >= 0.6 is 0 Å². The lowest BCUT2D eigenvalue weighted by molar-refractivity contribution is -0.123. The van der Waals surface area contributed by atoms with E-state index in [-0.39, 0.29) is 5.91 Å². The van der Waals surface area contributed by atoms with Crippen molar-refractivity contribution in [1.29, 1.82) is 0 Å². The van der Waals surface area contributed by atoms with Gasteiger partial charge in [0.25, 0.3) is 0 Å². The summed E-state index contributed by atoms with van der Waals surface area (Å²) < 4.78 is 10.7. The van der Waals surface area contributed by atoms with E-state index in [1.165, 1.54) is 0 Å². The van der Waals surface area contributed by atoms with Gasteiger partial charge < -0.3 is 20.5 Å². The van der Waals surface area contributed by atoms with E-state index < -0.39 is 6.04 Å². The molecule has 0 saturated carbocycles. The zero-order valence-corrected chi connectivity index (χ0v) is 14.2. The summed E-state index contributed by atoms with van der Waals surface area (Å²) in [5.41, 5.74) is 5.92. The molecule has 0 radical (unpaired) electrons. The molecule has 0 aliphatic rings. The number of hydrogen-bond acceptors (Lipinski definition) is 4. The Morgan fingerprint density at radius 1 is 1.05 bits per heavy atom. The zero-order chi connectivity index (χ0) is 16.1. The molecule has 126 valence electrons. The Balaban J connectivity index is 3.55. The fourth-order valence-electron chi connectivity index (χ4n) is 2.29. The summed E-state index contributed by atoms with van der Waals surface area (Å²) in [6.07, 6.45) is 2.85. The second-order valence-electron chi connectivity index (χ2n) is 6.09. The highest BCUT2D eigenvalue weighted by Crippen LogP contribution is 2.15. The Morgan fingerprint density at radius 3 is 2.24 bits per heavy atom. The maximum absolute atomic E-state index is 11.8. The van der Waals surface area contributed by atoms with Gasteiger partial charge in [-0.15, -0.1) is 0 Å². The molecule has 0 spiro atoms. The van der Waals surface area contributed by atoms with Crippen LogP contribution in [0, 0.1) is 11.8 Å². The molecular formula is C16H34N2O3. The Hall–Kier alpha value is -0.650. The number of carbonyl (C=O) groups excluding carboxylic acids is 1. The van der Waals surface area contributed by atoms with Gasteiger partial charge in [0, 0.05) is 13.2 Å². The van der Waals surface area contributed by atoms with Gasteiger partial charge in [-0.25, -0.2) is 0 Å². The smallest absolute Gasteiger partial charge is 0.237 e. The lowest BCUT2D eigenvalue weighted by atomic mass is 9.93. The van der Waals surface area contributed by atoms with Crippen LogP contribution in [0.25, 0.3) is 0 Å². The van der Waals surface area contributed by atoms with Crippen molar-refractivity contribution in [1.82, 2.24) is 5.32 Å². The van der Waals surface area contributed by atoms with E-state index in [1.54, 1.807) is 0 Å². The molecule has 21 heavy (non-hydrogen) atoms. The molecule has 0 rings (SSSR count). The number of carbonyl (C=O) groups is 1. The van der Waals surface area contributed by atoms with Crippen LogP contribution in [0.5, 0.6) is 0 Å². The fourth-order valence-corrected chi connectivity index (χ4v) is 2.29. The third-order valence-corrected chi connectivity index (χ3v) is 3.13. The Morgan fingerprint density at radius 2 is 1.67 bits per heavy atom. The van der Waals surface area contributed by atoms with E-state index in [0.717, 1.165) is 25.9 Å². The van der Waals surface area contributed by atoms with E-state index in [1.807, 2.05) is 0 Å². The van der Waals surface area contributed by atoms with Crippen molar-refractivity contribution in [3.63, 3.8) is 0 Å². The zero-order valence-electron chi connectivity index (χ0n) is 14.2. The van der Waals surface area contributed by atoms with Crippen LogP contribution in [-0.4, -0.2) is 44.9 Å². The van der Waals surface area contributed by atoms with Crippen LogP contribution in [0.2, 0.25) is 0 Å². The number of nitrogens with two attached hydrogens (primary N) is 1. The molecule has 0 fully saturated rings. The molecule has 0 aromatic rings. The van der Waals surface area contributed by atoms with Crippen LogP contribution in [0.4, 0.5) is 0 Å². The Bertz CT molecular complexity index is 260. The normalized spacial score (nSPS) is 14.2. The van der Waals surface area contributed by atoms with Gasteiger partial charge in [0.2, 0.25) is 5.91 Å². The van der Waals surface area contributed by atoms with Gasteiger partial charge in [-0.2, -0.15) is 0 Å². The van der Waals surface area contributed by atoms with Crippen molar-refractivity contribution in [3.05, 3.63) is 0 Å².